The molecule has 2 atom stereocenters. The Balaban J connectivity index is 1.71. The first-order chi connectivity index (χ1) is 10.6. The summed E-state index contributed by atoms with van der Waals surface area (Å²) in [6, 6.07) is 14.8. The lowest BCUT2D eigenvalue weighted by atomic mass is 9.71. The standard InChI is InChI=1S/C20H26O2/c1-20(2)11-10-19(17(12-20)13-21)22-14-16-8-5-7-15-6-3-4-9-18(15)16/h3-9,17,19,21H,10-14H2,1-2H3/t17-,19+/m0/s1. The zero-order chi connectivity index (χ0) is 15.6. The molecule has 0 bridgehead atoms. The van der Waals surface area contributed by atoms with E-state index in [9.17, 15) is 5.11 Å². The Morgan fingerprint density at radius 3 is 2.73 bits per heavy atom. The van der Waals surface area contributed by atoms with Crippen molar-refractivity contribution < 1.29 is 9.84 Å². The summed E-state index contributed by atoms with van der Waals surface area (Å²) in [5.41, 5.74) is 1.56. The van der Waals surface area contributed by atoms with E-state index >= 15 is 0 Å². The van der Waals surface area contributed by atoms with E-state index in [1.54, 1.807) is 0 Å². The van der Waals surface area contributed by atoms with Gasteiger partial charge in [0.1, 0.15) is 0 Å². The van der Waals surface area contributed by atoms with E-state index in [0.29, 0.717) is 12.0 Å². The topological polar surface area (TPSA) is 29.5 Å². The molecule has 1 fully saturated rings. The molecule has 0 amide bonds. The van der Waals surface area contributed by atoms with Crippen LogP contribution in [0.15, 0.2) is 42.5 Å². The Bertz CT molecular complexity index is 627. The molecular formula is C20H26O2. The number of ether oxygens (including phenoxy) is 1. The van der Waals surface area contributed by atoms with Crippen LogP contribution < -0.4 is 0 Å². The van der Waals surface area contributed by atoms with Gasteiger partial charge in [0.2, 0.25) is 0 Å². The van der Waals surface area contributed by atoms with Crippen molar-refractivity contribution in [3.8, 4) is 0 Å². The molecule has 0 radical (unpaired) electrons. The average Bonchev–Trinajstić information content (AvgIpc) is 2.53. The fraction of sp³-hybridized carbons (Fsp3) is 0.500. The van der Waals surface area contributed by atoms with Gasteiger partial charge >= 0.3 is 0 Å². The lowest BCUT2D eigenvalue weighted by Gasteiger charge is -2.39. The van der Waals surface area contributed by atoms with Crippen LogP contribution in [-0.4, -0.2) is 17.8 Å². The summed E-state index contributed by atoms with van der Waals surface area (Å²) < 4.78 is 6.21. The largest absolute Gasteiger partial charge is 0.396 e. The first-order valence-electron chi connectivity index (χ1n) is 8.28. The molecule has 1 aliphatic carbocycles. The minimum atomic E-state index is 0.178. The van der Waals surface area contributed by atoms with Crippen molar-refractivity contribution in [3.63, 3.8) is 0 Å². The molecule has 1 saturated carbocycles. The lowest BCUT2D eigenvalue weighted by molar-refractivity contribution is -0.0620. The van der Waals surface area contributed by atoms with E-state index in [-0.39, 0.29) is 18.6 Å². The molecule has 0 unspecified atom stereocenters. The summed E-state index contributed by atoms with van der Waals surface area (Å²) in [5, 5.41) is 12.2. The summed E-state index contributed by atoms with van der Waals surface area (Å²) in [6.07, 6.45) is 3.44. The van der Waals surface area contributed by atoms with E-state index in [0.717, 1.165) is 12.8 Å². The van der Waals surface area contributed by atoms with Crippen molar-refractivity contribution >= 4 is 10.8 Å². The van der Waals surface area contributed by atoms with E-state index < -0.39 is 0 Å². The van der Waals surface area contributed by atoms with Gasteiger partial charge in [0.15, 0.2) is 0 Å². The van der Waals surface area contributed by atoms with Gasteiger partial charge in [-0.3, -0.25) is 0 Å². The average molecular weight is 298 g/mol. The summed E-state index contributed by atoms with van der Waals surface area (Å²) >= 11 is 0. The number of hydrogen-bond donors (Lipinski definition) is 1. The van der Waals surface area contributed by atoms with Gasteiger partial charge in [-0.05, 0) is 41.0 Å². The van der Waals surface area contributed by atoms with Crippen molar-refractivity contribution in [1.29, 1.82) is 0 Å². The van der Waals surface area contributed by atoms with Gasteiger partial charge in [0.05, 0.1) is 12.7 Å². The van der Waals surface area contributed by atoms with E-state index in [4.69, 9.17) is 4.74 Å². The van der Waals surface area contributed by atoms with Gasteiger partial charge in [-0.2, -0.15) is 0 Å². The first kappa shape index (κ1) is 15.5. The fourth-order valence-corrected chi connectivity index (χ4v) is 3.73. The van der Waals surface area contributed by atoms with Gasteiger partial charge in [-0.25, -0.2) is 0 Å². The minimum absolute atomic E-state index is 0.178. The van der Waals surface area contributed by atoms with Gasteiger partial charge in [-0.15, -0.1) is 0 Å². The van der Waals surface area contributed by atoms with Crippen LogP contribution in [-0.2, 0) is 11.3 Å². The van der Waals surface area contributed by atoms with Crippen molar-refractivity contribution in [2.75, 3.05) is 6.61 Å². The molecule has 2 nitrogen and oxygen atoms in total. The second-order valence-corrected chi connectivity index (χ2v) is 7.34. The Labute approximate surface area is 133 Å². The Kier molecular flexibility index (Phi) is 4.51. The number of aliphatic hydroxyl groups is 1. The van der Waals surface area contributed by atoms with Crippen LogP contribution in [0.4, 0.5) is 0 Å². The number of aliphatic hydroxyl groups excluding tert-OH is 1. The monoisotopic (exact) mass is 298 g/mol. The summed E-state index contributed by atoms with van der Waals surface area (Å²) in [6.45, 7) is 5.43. The molecule has 0 saturated heterocycles. The smallest absolute Gasteiger partial charge is 0.0726 e. The third-order valence-corrected chi connectivity index (χ3v) is 5.01. The maximum absolute atomic E-state index is 9.68. The quantitative estimate of drug-likeness (QED) is 0.897. The molecular weight excluding hydrogens is 272 g/mol. The van der Waals surface area contributed by atoms with Crippen LogP contribution in [0.25, 0.3) is 10.8 Å². The maximum atomic E-state index is 9.68. The highest BCUT2D eigenvalue weighted by Gasteiger charge is 2.35. The molecule has 118 valence electrons. The molecule has 3 rings (SSSR count). The SMILES string of the molecule is CC1(C)CC[C@@H](OCc2cccc3ccccc23)[C@H](CO)C1. The van der Waals surface area contributed by atoms with Crippen molar-refractivity contribution in [2.24, 2.45) is 11.3 Å². The third kappa shape index (κ3) is 3.34. The fourth-order valence-electron chi connectivity index (χ4n) is 3.73. The van der Waals surface area contributed by atoms with E-state index in [1.165, 1.54) is 22.8 Å². The summed E-state index contributed by atoms with van der Waals surface area (Å²) in [4.78, 5) is 0. The normalized spacial score (nSPS) is 24.5. The van der Waals surface area contributed by atoms with Crippen LogP contribution in [0, 0.1) is 11.3 Å². The summed E-state index contributed by atoms with van der Waals surface area (Å²) in [5.74, 6) is 0.263. The van der Waals surface area contributed by atoms with Gasteiger partial charge in [0.25, 0.3) is 0 Å². The van der Waals surface area contributed by atoms with E-state index in [1.807, 2.05) is 0 Å². The molecule has 2 heteroatoms. The zero-order valence-corrected chi connectivity index (χ0v) is 13.6. The Morgan fingerprint density at radius 2 is 1.91 bits per heavy atom. The molecule has 0 spiro atoms. The lowest BCUT2D eigenvalue weighted by Crippen LogP contribution is -2.37. The molecule has 0 aromatic heterocycles. The molecule has 1 aliphatic rings. The second kappa shape index (κ2) is 6.39. The van der Waals surface area contributed by atoms with Crippen LogP contribution in [0.5, 0.6) is 0 Å². The molecule has 1 N–H and O–H groups in total. The molecule has 2 aromatic rings. The number of rotatable bonds is 4. The third-order valence-electron chi connectivity index (χ3n) is 5.01. The van der Waals surface area contributed by atoms with Crippen LogP contribution >= 0.6 is 0 Å². The highest BCUT2D eigenvalue weighted by atomic mass is 16.5. The predicted molar refractivity (Wildman–Crippen MR) is 90.7 cm³/mol. The van der Waals surface area contributed by atoms with Crippen LogP contribution in [0.1, 0.15) is 38.7 Å². The number of benzene rings is 2. The second-order valence-electron chi connectivity index (χ2n) is 7.34. The highest BCUT2D eigenvalue weighted by Crippen LogP contribution is 2.40. The van der Waals surface area contributed by atoms with Gasteiger partial charge < -0.3 is 9.84 Å². The molecule has 22 heavy (non-hydrogen) atoms. The minimum Gasteiger partial charge on any atom is -0.396 e. The Hall–Kier alpha value is -1.38. The molecule has 0 aliphatic heterocycles. The van der Waals surface area contributed by atoms with Gasteiger partial charge in [0, 0.05) is 12.5 Å². The first-order valence-corrected chi connectivity index (χ1v) is 8.28. The summed E-state index contributed by atoms with van der Waals surface area (Å²) in [7, 11) is 0. The molecule has 2 aromatic carbocycles. The van der Waals surface area contributed by atoms with Crippen molar-refractivity contribution in [3.05, 3.63) is 48.0 Å². The van der Waals surface area contributed by atoms with E-state index in [2.05, 4.69) is 56.3 Å². The predicted octanol–water partition coefficient (Wildman–Crippen LogP) is 4.54. The zero-order valence-electron chi connectivity index (χ0n) is 13.6. The van der Waals surface area contributed by atoms with Crippen LogP contribution in [0.3, 0.4) is 0 Å². The van der Waals surface area contributed by atoms with Crippen LogP contribution in [0.2, 0.25) is 0 Å². The highest BCUT2D eigenvalue weighted by molar-refractivity contribution is 5.85. The van der Waals surface area contributed by atoms with Gasteiger partial charge in [-0.1, -0.05) is 56.3 Å². The number of fused-ring (bicyclic) bond motifs is 1. The van der Waals surface area contributed by atoms with Crippen molar-refractivity contribution in [1.82, 2.24) is 0 Å². The Morgan fingerprint density at radius 1 is 1.14 bits per heavy atom. The molecule has 0 heterocycles. The number of hydrogen-bond acceptors (Lipinski definition) is 2. The van der Waals surface area contributed by atoms with Crippen molar-refractivity contribution in [2.45, 2.75) is 45.8 Å². The maximum Gasteiger partial charge on any atom is 0.0726 e.